The van der Waals surface area contributed by atoms with E-state index < -0.39 is 11.8 Å². The molecule has 0 fully saturated rings. The molecule has 0 atom stereocenters. The third kappa shape index (κ3) is 3.69. The Bertz CT molecular complexity index is 600. The van der Waals surface area contributed by atoms with Crippen LogP contribution in [0.4, 0.5) is 10.2 Å². The summed E-state index contributed by atoms with van der Waals surface area (Å²) in [6.07, 6.45) is 1.57. The fourth-order valence-corrected chi connectivity index (χ4v) is 1.55. The standard InChI is InChI=1S/C12H11ClFN3O2/c13-9-2-1-8(5-10(9)14)7-19-12(18)6-17-4-3-11(15)16-17/h1-5H,6-7H2,(H2,15,16). The summed E-state index contributed by atoms with van der Waals surface area (Å²) in [6.45, 7) is -0.0725. The van der Waals surface area contributed by atoms with Gasteiger partial charge in [0.15, 0.2) is 0 Å². The second kappa shape index (κ2) is 5.71. The first-order valence-corrected chi connectivity index (χ1v) is 5.81. The average molecular weight is 284 g/mol. The molecule has 1 heterocycles. The molecule has 0 aliphatic heterocycles. The number of anilines is 1. The third-order valence-electron chi connectivity index (χ3n) is 2.34. The van der Waals surface area contributed by atoms with E-state index in [9.17, 15) is 9.18 Å². The van der Waals surface area contributed by atoms with Gasteiger partial charge >= 0.3 is 5.97 Å². The molecule has 0 aliphatic carbocycles. The predicted octanol–water partition coefficient (Wildman–Crippen LogP) is 2.00. The maximum absolute atomic E-state index is 13.2. The summed E-state index contributed by atoms with van der Waals surface area (Å²) in [4.78, 5) is 11.5. The molecule has 1 aromatic carbocycles. The molecule has 0 radical (unpaired) electrons. The van der Waals surface area contributed by atoms with E-state index in [-0.39, 0.29) is 18.2 Å². The van der Waals surface area contributed by atoms with Crippen LogP contribution in [0.15, 0.2) is 30.5 Å². The first-order chi connectivity index (χ1) is 9.04. The van der Waals surface area contributed by atoms with Gasteiger partial charge in [0.1, 0.15) is 24.8 Å². The minimum atomic E-state index is -0.546. The fourth-order valence-electron chi connectivity index (χ4n) is 1.44. The Morgan fingerprint density at radius 3 is 2.89 bits per heavy atom. The predicted molar refractivity (Wildman–Crippen MR) is 67.8 cm³/mol. The van der Waals surface area contributed by atoms with E-state index in [1.54, 1.807) is 18.3 Å². The highest BCUT2D eigenvalue weighted by atomic mass is 35.5. The molecular weight excluding hydrogens is 273 g/mol. The minimum Gasteiger partial charge on any atom is -0.459 e. The molecule has 2 aromatic rings. The lowest BCUT2D eigenvalue weighted by Crippen LogP contribution is -2.14. The van der Waals surface area contributed by atoms with Crippen LogP contribution in [-0.4, -0.2) is 15.7 Å². The van der Waals surface area contributed by atoms with E-state index >= 15 is 0 Å². The van der Waals surface area contributed by atoms with Gasteiger partial charge in [0.05, 0.1) is 5.02 Å². The molecule has 0 saturated carbocycles. The van der Waals surface area contributed by atoms with Gasteiger partial charge in [-0.1, -0.05) is 17.7 Å². The molecule has 7 heteroatoms. The monoisotopic (exact) mass is 283 g/mol. The minimum absolute atomic E-state index is 0.0241. The number of esters is 1. The molecule has 0 bridgehead atoms. The van der Waals surface area contributed by atoms with Gasteiger partial charge in [0, 0.05) is 6.20 Å². The van der Waals surface area contributed by atoms with Crippen LogP contribution in [0, 0.1) is 5.82 Å². The van der Waals surface area contributed by atoms with Gasteiger partial charge < -0.3 is 10.5 Å². The van der Waals surface area contributed by atoms with Crippen LogP contribution in [0.25, 0.3) is 0 Å². The van der Waals surface area contributed by atoms with Crippen molar-refractivity contribution in [1.29, 1.82) is 0 Å². The molecule has 0 saturated heterocycles. The second-order valence-corrected chi connectivity index (χ2v) is 4.25. The van der Waals surface area contributed by atoms with Crippen LogP contribution >= 0.6 is 11.6 Å². The average Bonchev–Trinajstić information content (AvgIpc) is 2.76. The summed E-state index contributed by atoms with van der Waals surface area (Å²) >= 11 is 5.55. The zero-order valence-electron chi connectivity index (χ0n) is 9.85. The van der Waals surface area contributed by atoms with Crippen LogP contribution in [0.1, 0.15) is 5.56 Å². The van der Waals surface area contributed by atoms with E-state index in [1.807, 2.05) is 0 Å². The quantitative estimate of drug-likeness (QED) is 0.871. The highest BCUT2D eigenvalue weighted by molar-refractivity contribution is 6.30. The Hall–Kier alpha value is -2.08. The summed E-state index contributed by atoms with van der Waals surface area (Å²) < 4.78 is 19.5. The summed E-state index contributed by atoms with van der Waals surface area (Å²) in [5, 5.41) is 3.88. The Morgan fingerprint density at radius 2 is 2.26 bits per heavy atom. The second-order valence-electron chi connectivity index (χ2n) is 3.85. The number of aromatic nitrogens is 2. The van der Waals surface area contributed by atoms with Gasteiger partial charge in [-0.15, -0.1) is 0 Å². The Kier molecular flexibility index (Phi) is 4.01. The van der Waals surface area contributed by atoms with Crippen molar-refractivity contribution in [3.05, 3.63) is 46.9 Å². The molecule has 2 rings (SSSR count). The molecule has 5 nitrogen and oxygen atoms in total. The van der Waals surface area contributed by atoms with Gasteiger partial charge in [-0.3, -0.25) is 9.48 Å². The molecule has 100 valence electrons. The largest absolute Gasteiger partial charge is 0.459 e. The lowest BCUT2D eigenvalue weighted by Gasteiger charge is -2.05. The lowest BCUT2D eigenvalue weighted by atomic mass is 10.2. The normalized spacial score (nSPS) is 10.4. The van der Waals surface area contributed by atoms with Crippen molar-refractivity contribution in [2.75, 3.05) is 5.73 Å². The van der Waals surface area contributed by atoms with Crippen LogP contribution < -0.4 is 5.73 Å². The smallest absolute Gasteiger partial charge is 0.328 e. The van der Waals surface area contributed by atoms with Gasteiger partial charge in [-0.05, 0) is 23.8 Å². The number of nitrogen functional groups attached to an aromatic ring is 1. The SMILES string of the molecule is Nc1ccn(CC(=O)OCc2ccc(Cl)c(F)c2)n1. The molecule has 0 spiro atoms. The van der Waals surface area contributed by atoms with Crippen molar-refractivity contribution in [1.82, 2.24) is 9.78 Å². The maximum Gasteiger partial charge on any atom is 0.328 e. The van der Waals surface area contributed by atoms with Gasteiger partial charge in [0.2, 0.25) is 0 Å². The number of rotatable bonds is 4. The van der Waals surface area contributed by atoms with E-state index in [4.69, 9.17) is 22.1 Å². The number of carbonyl (C=O) groups excluding carboxylic acids is 1. The van der Waals surface area contributed by atoms with Crippen LogP contribution in [0.3, 0.4) is 0 Å². The van der Waals surface area contributed by atoms with Crippen LogP contribution in [0.2, 0.25) is 5.02 Å². The van der Waals surface area contributed by atoms with Gasteiger partial charge in [0.25, 0.3) is 0 Å². The van der Waals surface area contributed by atoms with Crippen molar-refractivity contribution < 1.29 is 13.9 Å². The van der Waals surface area contributed by atoms with Crippen molar-refractivity contribution in [2.24, 2.45) is 0 Å². The number of nitrogens with zero attached hydrogens (tertiary/aromatic N) is 2. The number of hydrogen-bond acceptors (Lipinski definition) is 4. The molecule has 0 amide bonds. The van der Waals surface area contributed by atoms with E-state index in [0.29, 0.717) is 11.4 Å². The molecule has 1 aromatic heterocycles. The number of benzene rings is 1. The van der Waals surface area contributed by atoms with Crippen molar-refractivity contribution in [3.8, 4) is 0 Å². The maximum atomic E-state index is 13.2. The first-order valence-electron chi connectivity index (χ1n) is 5.43. The number of halogens is 2. The third-order valence-corrected chi connectivity index (χ3v) is 2.64. The summed E-state index contributed by atoms with van der Waals surface area (Å²) in [7, 11) is 0. The highest BCUT2D eigenvalue weighted by Crippen LogP contribution is 2.16. The van der Waals surface area contributed by atoms with Crippen LogP contribution in [0.5, 0.6) is 0 Å². The number of nitrogens with two attached hydrogens (primary N) is 1. The zero-order valence-corrected chi connectivity index (χ0v) is 10.6. The van der Waals surface area contributed by atoms with E-state index in [2.05, 4.69) is 5.10 Å². The van der Waals surface area contributed by atoms with Crippen molar-refractivity contribution in [2.45, 2.75) is 13.2 Å². The summed E-state index contributed by atoms with van der Waals surface area (Å²) in [5.41, 5.74) is 5.94. The zero-order chi connectivity index (χ0) is 13.8. The molecule has 2 N–H and O–H groups in total. The van der Waals surface area contributed by atoms with Crippen LogP contribution in [-0.2, 0) is 22.7 Å². The lowest BCUT2D eigenvalue weighted by molar-refractivity contribution is -0.145. The molecule has 0 unspecified atom stereocenters. The summed E-state index contributed by atoms with van der Waals surface area (Å²) in [5.74, 6) is -0.707. The number of hydrogen-bond donors (Lipinski definition) is 1. The Labute approximate surface area is 113 Å². The van der Waals surface area contributed by atoms with Gasteiger partial charge in [-0.2, -0.15) is 5.10 Å². The first kappa shape index (κ1) is 13.4. The molecule has 0 aliphatic rings. The fraction of sp³-hybridized carbons (Fsp3) is 0.167. The highest BCUT2D eigenvalue weighted by Gasteiger charge is 2.07. The summed E-state index contributed by atoms with van der Waals surface area (Å²) in [6, 6.07) is 5.79. The number of ether oxygens (including phenoxy) is 1. The topological polar surface area (TPSA) is 70.1 Å². The molecule has 19 heavy (non-hydrogen) atoms. The molecular formula is C12H11ClFN3O2. The van der Waals surface area contributed by atoms with Gasteiger partial charge in [-0.25, -0.2) is 4.39 Å². The Balaban J connectivity index is 1.88. The Morgan fingerprint density at radius 1 is 1.47 bits per heavy atom. The van der Waals surface area contributed by atoms with E-state index in [0.717, 1.165) is 0 Å². The van der Waals surface area contributed by atoms with E-state index in [1.165, 1.54) is 16.8 Å². The van der Waals surface area contributed by atoms with Crippen molar-refractivity contribution >= 4 is 23.4 Å². The number of carbonyl (C=O) groups is 1. The van der Waals surface area contributed by atoms with Crippen molar-refractivity contribution in [3.63, 3.8) is 0 Å².